The van der Waals surface area contributed by atoms with Gasteiger partial charge in [0.05, 0.1) is 35.3 Å². The minimum absolute atomic E-state index is 0. The first-order valence-corrected chi connectivity index (χ1v) is 28.3. The summed E-state index contributed by atoms with van der Waals surface area (Å²) in [6.45, 7) is 13.6. The average molecular weight is 1280 g/mol. The Labute approximate surface area is 522 Å². The normalized spacial score (nSPS) is 15.8. The van der Waals surface area contributed by atoms with Gasteiger partial charge in [0.15, 0.2) is 5.54 Å². The Balaban J connectivity index is 0.000000497. The van der Waals surface area contributed by atoms with Crippen LogP contribution in [0.3, 0.4) is 0 Å². The number of nitrogens with zero attached hydrogens (tertiary/aromatic N) is 6. The van der Waals surface area contributed by atoms with Crippen molar-refractivity contribution in [3.63, 3.8) is 0 Å². The van der Waals surface area contributed by atoms with Gasteiger partial charge in [-0.25, -0.2) is 9.59 Å². The smallest absolute Gasteiger partial charge is 0.625 e. The number of allylic oxidation sites excluding steroid dienone is 2. The number of hydrogen-bond donors (Lipinski definition) is 2. The van der Waals surface area contributed by atoms with E-state index >= 15 is 0 Å². The standard InChI is InChI=1S/C33H37N3O3.C28H29N3O3.C5H9Br.2CH4.2Ni/c1-3-4-13-22-33(2,32(38)39)35-30(26-17-9-6-10-18-26)27-19-11-12-20-28(27)34-31(37)29-21-14-23-36(29)24-25-15-7-5-8-16-25;1-20(28(33)34)29-26(22-13-6-3-7-14-22)23-15-8-9-16-24(23)30-27(32)25-17-10-18-31(25)19-21-11-4-2-5-12-21;1-2-3-4-5-6;;;;/h3,5-12,15-20,29H,1,4,13-14,21-24H2,2H3,(H2,34,35,37,38,39);2-9,11-16,20,25H,10,17-19H2,1H3,(H2,29,30,32,33,34);2H,1,3-5H2;2*1H4;;/q;;;;;2*+2/p-2/t29?,33-;20-,25?;;;;;/m00...../s1. The molecule has 83 heavy (non-hydrogen) atoms. The first-order chi connectivity index (χ1) is 38.3. The Morgan fingerprint density at radius 2 is 1.00 bits per heavy atom. The van der Waals surface area contributed by atoms with Gasteiger partial charge in [-0.05, 0) is 107 Å². The van der Waals surface area contributed by atoms with Crippen molar-refractivity contribution >= 4 is 62.5 Å². The predicted octanol–water partition coefficient (Wildman–Crippen LogP) is 15.7. The quantitative estimate of drug-likeness (QED) is 0.0210. The molecule has 2 heterocycles. The van der Waals surface area contributed by atoms with E-state index in [1.165, 1.54) is 24.5 Å². The van der Waals surface area contributed by atoms with Gasteiger partial charge >= 0.3 is 44.9 Å². The molecule has 15 heteroatoms. The molecule has 0 aromatic heterocycles. The number of carbonyl (C=O) groups is 4. The molecule has 2 unspecified atom stereocenters. The molecule has 0 radical (unpaired) electrons. The first-order valence-electron chi connectivity index (χ1n) is 27.1. The van der Waals surface area contributed by atoms with E-state index in [2.05, 4.69) is 78.8 Å². The maximum atomic E-state index is 13.5. The zero-order valence-corrected chi connectivity index (χ0v) is 49.6. The second-order valence-electron chi connectivity index (χ2n) is 19.7. The van der Waals surface area contributed by atoms with Crippen LogP contribution >= 0.6 is 15.9 Å². The third-order valence-corrected chi connectivity index (χ3v) is 14.3. The van der Waals surface area contributed by atoms with Crippen LogP contribution in [-0.2, 0) is 65.3 Å². The van der Waals surface area contributed by atoms with Crippen LogP contribution in [0.25, 0.3) is 10.6 Å². The molecule has 0 bridgehead atoms. The molecular weight excluding hydrogens is 1190 g/mol. The summed E-state index contributed by atoms with van der Waals surface area (Å²) < 4.78 is 0. The van der Waals surface area contributed by atoms with Crippen LogP contribution in [0.15, 0.2) is 205 Å². The van der Waals surface area contributed by atoms with Gasteiger partial charge in [-0.3, -0.25) is 19.8 Å². The average Bonchev–Trinajstić information content (AvgIpc) is 4.29. The fourth-order valence-corrected chi connectivity index (χ4v) is 9.77. The van der Waals surface area contributed by atoms with Crippen molar-refractivity contribution in [3.8, 4) is 0 Å². The van der Waals surface area contributed by atoms with Crippen molar-refractivity contribution in [2.75, 3.05) is 18.4 Å². The van der Waals surface area contributed by atoms with Crippen molar-refractivity contribution in [1.82, 2.24) is 9.80 Å². The molecule has 2 amide bonds. The van der Waals surface area contributed by atoms with E-state index in [9.17, 15) is 29.4 Å². The van der Waals surface area contributed by atoms with Gasteiger partial charge in [0.2, 0.25) is 0 Å². The maximum Gasteiger partial charge on any atom is 2.00 e. The number of likely N-dealkylation sites (tertiary alicyclic amines) is 2. The van der Waals surface area contributed by atoms with E-state index in [1.807, 2.05) is 140 Å². The van der Waals surface area contributed by atoms with Crippen LogP contribution in [0.1, 0.15) is 120 Å². The summed E-state index contributed by atoms with van der Waals surface area (Å²) >= 11 is 3.30. The van der Waals surface area contributed by atoms with Crippen LogP contribution in [-0.4, -0.2) is 97.3 Å². The number of hydrogen-bond acceptors (Lipinski definition) is 8. The Kier molecular flexibility index (Phi) is 33.5. The molecule has 12 nitrogen and oxygen atoms in total. The summed E-state index contributed by atoms with van der Waals surface area (Å²) in [5.74, 6) is -2.37. The Morgan fingerprint density at radius 3 is 1.40 bits per heavy atom. The molecule has 6 aromatic carbocycles. The van der Waals surface area contributed by atoms with Crippen molar-refractivity contribution in [2.24, 2.45) is 9.98 Å². The molecular formula is C68H81BrN6Ni2O6+2. The summed E-state index contributed by atoms with van der Waals surface area (Å²) in [7, 11) is 0. The van der Waals surface area contributed by atoms with Gasteiger partial charge in [-0.2, -0.15) is 0 Å². The van der Waals surface area contributed by atoms with E-state index in [1.54, 1.807) is 25.1 Å². The van der Waals surface area contributed by atoms with Crippen LogP contribution in [0, 0.1) is 0 Å². The van der Waals surface area contributed by atoms with Gasteiger partial charge in [0, 0.05) is 29.5 Å². The number of carboxylic acid groups (broad SMARTS) is 2. The van der Waals surface area contributed by atoms with E-state index < -0.39 is 23.5 Å². The number of aliphatic carboxylic acids is 2. The third kappa shape index (κ3) is 22.2. The fourth-order valence-electron chi connectivity index (χ4n) is 9.45. The largest absolute Gasteiger partial charge is 2.00 e. The molecule has 444 valence electrons. The molecule has 0 spiro atoms. The van der Waals surface area contributed by atoms with E-state index in [0.717, 1.165) is 61.7 Å². The molecule has 2 aliphatic rings. The minimum atomic E-state index is -1.34. The van der Waals surface area contributed by atoms with Crippen molar-refractivity contribution in [3.05, 3.63) is 239 Å². The number of amides is 2. The number of halogens is 1. The number of alkyl halides is 1. The van der Waals surface area contributed by atoms with Crippen LogP contribution in [0.5, 0.6) is 0 Å². The zero-order chi connectivity index (χ0) is 56.4. The SMILES string of the molecule is C.C.C=CCCCBr.C=CCCC[C@](C)(N=C(c1ccccc1)c1ccccc1[N-]C(=O)C1CCCN1Cc1ccccc1)C(=O)O.C[C@H](N=C(c1ccccc1)c1ccccc1[N-]C(=O)C1CCCN1Cc1ccccc1)C(=O)O.[Ni+2].[Ni+2]. The number of carboxylic acids is 2. The van der Waals surface area contributed by atoms with Gasteiger partial charge in [-0.1, -0.05) is 213 Å². The number of aliphatic imine (C=N–C) groups is 2. The first kappa shape index (κ1) is 72.5. The molecule has 0 aliphatic carbocycles. The zero-order valence-electron chi connectivity index (χ0n) is 46.1. The third-order valence-electron chi connectivity index (χ3n) is 13.7. The molecule has 2 fully saturated rings. The van der Waals surface area contributed by atoms with Gasteiger partial charge in [-0.15, -0.1) is 24.5 Å². The number of para-hydroxylation sites is 2. The Bertz CT molecular complexity index is 2990. The number of rotatable bonds is 23. The Morgan fingerprint density at radius 1 is 0.614 bits per heavy atom. The molecule has 6 aromatic rings. The number of carbonyl (C=O) groups excluding carboxylic acids is 2. The second-order valence-corrected chi connectivity index (χ2v) is 20.5. The molecule has 2 aliphatic heterocycles. The monoisotopic (exact) mass is 1270 g/mol. The summed E-state index contributed by atoms with van der Waals surface area (Å²) in [5, 5.41) is 29.8. The topological polar surface area (TPSA) is 168 Å². The van der Waals surface area contributed by atoms with Crippen molar-refractivity contribution < 1.29 is 62.4 Å². The van der Waals surface area contributed by atoms with Gasteiger partial charge in [0.1, 0.15) is 6.04 Å². The van der Waals surface area contributed by atoms with Crippen LogP contribution in [0.4, 0.5) is 11.4 Å². The van der Waals surface area contributed by atoms with E-state index in [0.29, 0.717) is 66.3 Å². The van der Waals surface area contributed by atoms with Gasteiger partial charge < -0.3 is 30.4 Å². The molecule has 0 saturated carbocycles. The number of unbranched alkanes of at least 4 members (excludes halogenated alkanes) is 2. The van der Waals surface area contributed by atoms with Gasteiger partial charge in [0.25, 0.3) is 0 Å². The molecule has 2 N–H and O–H groups in total. The summed E-state index contributed by atoms with van der Waals surface area (Å²) in [6.07, 6.45) is 11.2. The maximum absolute atomic E-state index is 13.5. The van der Waals surface area contributed by atoms with Crippen molar-refractivity contribution in [1.29, 1.82) is 0 Å². The van der Waals surface area contributed by atoms with Crippen LogP contribution in [0.2, 0.25) is 0 Å². The second kappa shape index (κ2) is 38.3. The number of benzene rings is 6. The molecule has 2 saturated heterocycles. The van der Waals surface area contributed by atoms with E-state index in [-0.39, 0.29) is 71.7 Å². The predicted molar refractivity (Wildman–Crippen MR) is 337 cm³/mol. The minimum Gasteiger partial charge on any atom is -0.625 e. The summed E-state index contributed by atoms with van der Waals surface area (Å²) in [5.41, 5.74) is 5.84. The summed E-state index contributed by atoms with van der Waals surface area (Å²) in [6, 6.07) is 52.4. The fraction of sp³-hybridized carbons (Fsp3) is 0.324. The molecule has 8 rings (SSSR count). The Hall–Kier alpha value is -6.59. The van der Waals surface area contributed by atoms with Crippen molar-refractivity contribution in [2.45, 2.75) is 123 Å². The molecule has 4 atom stereocenters. The van der Waals surface area contributed by atoms with Crippen LogP contribution < -0.4 is 0 Å². The van der Waals surface area contributed by atoms with E-state index in [4.69, 9.17) is 4.99 Å². The summed E-state index contributed by atoms with van der Waals surface area (Å²) in [4.78, 5) is 64.5.